The van der Waals surface area contributed by atoms with Crippen LogP contribution in [-0.4, -0.2) is 15.0 Å². The summed E-state index contributed by atoms with van der Waals surface area (Å²) in [5.74, 6) is 0. The third-order valence-corrected chi connectivity index (χ3v) is 9.35. The first-order valence-corrected chi connectivity index (χ1v) is 16.2. The lowest BCUT2D eigenvalue weighted by atomic mass is 9.85. The highest BCUT2D eigenvalue weighted by Gasteiger charge is 2.17. The van der Waals surface area contributed by atoms with Crippen LogP contribution in [0.4, 0.5) is 0 Å². The normalized spacial score (nSPS) is 11.3. The van der Waals surface area contributed by atoms with Crippen molar-refractivity contribution in [3.63, 3.8) is 0 Å². The largest absolute Gasteiger partial charge is 0.265 e. The molecule has 0 amide bonds. The number of nitrogens with zero attached hydrogens (tertiary/aromatic N) is 3. The van der Waals surface area contributed by atoms with E-state index in [4.69, 9.17) is 0 Å². The van der Waals surface area contributed by atoms with E-state index in [1.807, 2.05) is 49.3 Å². The molecular weight excluding hydrogens is 583 g/mol. The lowest BCUT2D eigenvalue weighted by Crippen LogP contribution is -1.91. The molecule has 3 nitrogen and oxygen atoms in total. The van der Waals surface area contributed by atoms with Gasteiger partial charge in [-0.2, -0.15) is 0 Å². The number of aromatic nitrogens is 3. The minimum absolute atomic E-state index is 1.08. The molecule has 0 aliphatic carbocycles. The Bertz CT molecular complexity index is 2540. The fourth-order valence-electron chi connectivity index (χ4n) is 7.09. The third kappa shape index (κ3) is 4.81. The second kappa shape index (κ2) is 11.7. The summed E-state index contributed by atoms with van der Waals surface area (Å²) in [7, 11) is 0. The van der Waals surface area contributed by atoms with Crippen molar-refractivity contribution < 1.29 is 0 Å². The van der Waals surface area contributed by atoms with Crippen LogP contribution in [0, 0.1) is 0 Å². The molecule has 0 bridgehead atoms. The molecule has 0 fully saturated rings. The maximum Gasteiger partial charge on any atom is 0.0346 e. The SMILES string of the molecule is c1cc(-c2ccncc2)c2cc(-c3c4ccccc4c(-c4ccc(-c5cncc(-c6ccncc6)c5)cc4)c4ccccc34)ccc2c1. The standard InChI is InChI=1S/C45H29N3/c1-3-9-41-39(7-1)44(34-15-12-30(13-16-34)36-26-37(29-48-28-36)31-18-22-46-23-19-31)40-8-2-4-10-42(40)45(41)35-17-14-32-6-5-11-38(43(32)27-35)33-20-24-47-25-21-33/h1-29H. The Balaban J connectivity index is 1.21. The van der Waals surface area contributed by atoms with E-state index in [9.17, 15) is 0 Å². The molecule has 3 aromatic heterocycles. The van der Waals surface area contributed by atoms with E-state index in [1.165, 1.54) is 65.7 Å². The zero-order valence-electron chi connectivity index (χ0n) is 26.1. The highest BCUT2D eigenvalue weighted by molar-refractivity contribution is 6.22. The monoisotopic (exact) mass is 611 g/mol. The van der Waals surface area contributed by atoms with Gasteiger partial charge in [-0.15, -0.1) is 0 Å². The lowest BCUT2D eigenvalue weighted by molar-refractivity contribution is 1.30. The first kappa shape index (κ1) is 27.8. The molecule has 0 N–H and O–H groups in total. The molecule has 6 aromatic carbocycles. The molecule has 0 atom stereocenters. The van der Waals surface area contributed by atoms with E-state index in [0.29, 0.717) is 0 Å². The Morgan fingerprint density at radius 3 is 1.40 bits per heavy atom. The minimum atomic E-state index is 1.08. The van der Waals surface area contributed by atoms with Crippen LogP contribution in [0.3, 0.4) is 0 Å². The Hall–Kier alpha value is -6.45. The molecule has 224 valence electrons. The molecule has 0 radical (unpaired) electrons. The summed E-state index contributed by atoms with van der Waals surface area (Å²) in [5, 5.41) is 7.41. The molecule has 0 spiro atoms. The highest BCUT2D eigenvalue weighted by atomic mass is 14.6. The van der Waals surface area contributed by atoms with Gasteiger partial charge in [-0.25, -0.2) is 0 Å². The summed E-state index contributed by atoms with van der Waals surface area (Å²) < 4.78 is 0. The summed E-state index contributed by atoms with van der Waals surface area (Å²) in [6.45, 7) is 0. The second-order valence-corrected chi connectivity index (χ2v) is 12.1. The van der Waals surface area contributed by atoms with E-state index in [0.717, 1.165) is 22.3 Å². The van der Waals surface area contributed by atoms with Gasteiger partial charge in [-0.3, -0.25) is 15.0 Å². The molecule has 9 aromatic rings. The van der Waals surface area contributed by atoms with Crippen molar-refractivity contribution in [2.24, 2.45) is 0 Å². The zero-order valence-corrected chi connectivity index (χ0v) is 26.1. The average molecular weight is 612 g/mol. The average Bonchev–Trinajstić information content (AvgIpc) is 3.17. The molecule has 0 unspecified atom stereocenters. The Kier molecular flexibility index (Phi) is 6.80. The number of rotatable bonds is 5. The van der Waals surface area contributed by atoms with Crippen molar-refractivity contribution in [2.45, 2.75) is 0 Å². The van der Waals surface area contributed by atoms with Gasteiger partial charge in [0.1, 0.15) is 0 Å². The summed E-state index contributed by atoms with van der Waals surface area (Å²) in [4.78, 5) is 13.0. The molecule has 0 aliphatic rings. The molecule has 3 heteroatoms. The fraction of sp³-hybridized carbons (Fsp3) is 0. The van der Waals surface area contributed by atoms with Gasteiger partial charge in [0.25, 0.3) is 0 Å². The van der Waals surface area contributed by atoms with Crippen LogP contribution in [0.2, 0.25) is 0 Å². The van der Waals surface area contributed by atoms with Crippen molar-refractivity contribution in [1.29, 1.82) is 0 Å². The summed E-state index contributed by atoms with van der Waals surface area (Å²) >= 11 is 0. The van der Waals surface area contributed by atoms with E-state index < -0.39 is 0 Å². The maximum absolute atomic E-state index is 4.56. The fourth-order valence-corrected chi connectivity index (χ4v) is 7.09. The van der Waals surface area contributed by atoms with E-state index in [1.54, 1.807) is 0 Å². The van der Waals surface area contributed by atoms with E-state index in [-0.39, 0.29) is 0 Å². The smallest absolute Gasteiger partial charge is 0.0346 e. The van der Waals surface area contributed by atoms with Crippen molar-refractivity contribution in [3.05, 3.63) is 177 Å². The quantitative estimate of drug-likeness (QED) is 0.182. The predicted octanol–water partition coefficient (Wildman–Crippen LogP) is 11.7. The van der Waals surface area contributed by atoms with Crippen molar-refractivity contribution >= 4 is 32.3 Å². The molecule has 0 saturated heterocycles. The molecule has 48 heavy (non-hydrogen) atoms. The van der Waals surface area contributed by atoms with E-state index in [2.05, 4.69) is 142 Å². The second-order valence-electron chi connectivity index (χ2n) is 12.1. The molecule has 9 rings (SSSR count). The maximum atomic E-state index is 4.56. The zero-order chi connectivity index (χ0) is 31.9. The summed E-state index contributed by atoms with van der Waals surface area (Å²) in [6.07, 6.45) is 11.2. The van der Waals surface area contributed by atoms with Crippen LogP contribution in [0.5, 0.6) is 0 Å². The van der Waals surface area contributed by atoms with Crippen LogP contribution in [0.15, 0.2) is 177 Å². The van der Waals surface area contributed by atoms with Gasteiger partial charge in [0.15, 0.2) is 0 Å². The molecule has 3 heterocycles. The van der Waals surface area contributed by atoms with E-state index >= 15 is 0 Å². The molecule has 0 aliphatic heterocycles. The highest BCUT2D eigenvalue weighted by Crippen LogP contribution is 2.45. The van der Waals surface area contributed by atoms with Gasteiger partial charge < -0.3 is 0 Å². The van der Waals surface area contributed by atoms with Gasteiger partial charge in [0, 0.05) is 48.3 Å². The number of hydrogen-bond acceptors (Lipinski definition) is 3. The molecular formula is C45H29N3. The van der Waals surface area contributed by atoms with Crippen LogP contribution >= 0.6 is 0 Å². The molecule has 0 saturated carbocycles. The summed E-state index contributed by atoms with van der Waals surface area (Å²) in [5.41, 5.74) is 11.7. The summed E-state index contributed by atoms with van der Waals surface area (Å²) in [6, 6.07) is 50.4. The Labute approximate surface area is 278 Å². The van der Waals surface area contributed by atoms with Gasteiger partial charge in [-0.1, -0.05) is 103 Å². The predicted molar refractivity (Wildman–Crippen MR) is 200 cm³/mol. The lowest BCUT2D eigenvalue weighted by Gasteiger charge is -2.18. The van der Waals surface area contributed by atoms with Gasteiger partial charge in [0.05, 0.1) is 0 Å². The van der Waals surface area contributed by atoms with Crippen LogP contribution in [0.25, 0.3) is 88.0 Å². The van der Waals surface area contributed by atoms with Crippen molar-refractivity contribution in [2.75, 3.05) is 0 Å². The number of fused-ring (bicyclic) bond motifs is 3. The third-order valence-electron chi connectivity index (χ3n) is 9.35. The van der Waals surface area contributed by atoms with Crippen LogP contribution in [0.1, 0.15) is 0 Å². The number of pyridine rings is 3. The van der Waals surface area contributed by atoms with Gasteiger partial charge in [-0.05, 0) is 113 Å². The van der Waals surface area contributed by atoms with Gasteiger partial charge >= 0.3 is 0 Å². The van der Waals surface area contributed by atoms with Crippen LogP contribution < -0.4 is 0 Å². The van der Waals surface area contributed by atoms with Gasteiger partial charge in [0.2, 0.25) is 0 Å². The van der Waals surface area contributed by atoms with Crippen LogP contribution in [-0.2, 0) is 0 Å². The van der Waals surface area contributed by atoms with Crippen molar-refractivity contribution in [1.82, 2.24) is 15.0 Å². The minimum Gasteiger partial charge on any atom is -0.265 e. The number of benzene rings is 6. The Morgan fingerprint density at radius 1 is 0.292 bits per heavy atom. The van der Waals surface area contributed by atoms with Crippen molar-refractivity contribution in [3.8, 4) is 55.6 Å². The first-order valence-electron chi connectivity index (χ1n) is 16.2. The number of hydrogen-bond donors (Lipinski definition) is 0. The first-order chi connectivity index (χ1) is 23.8. The Morgan fingerprint density at radius 2 is 0.792 bits per heavy atom. The topological polar surface area (TPSA) is 38.7 Å².